The number of nitrogens with two attached hydrogens (primary N) is 1. The van der Waals surface area contributed by atoms with E-state index in [9.17, 15) is 8.42 Å². The molecule has 7 heteroatoms. The van der Waals surface area contributed by atoms with E-state index in [0.717, 1.165) is 12.0 Å². The van der Waals surface area contributed by atoms with E-state index in [0.29, 0.717) is 0 Å². The Labute approximate surface area is 118 Å². The average Bonchev–Trinajstić information content (AvgIpc) is 2.47. The molecule has 0 radical (unpaired) electrons. The highest BCUT2D eigenvalue weighted by molar-refractivity contribution is 7.92. The van der Waals surface area contributed by atoms with Gasteiger partial charge >= 0.3 is 0 Å². The molecule has 0 amide bonds. The van der Waals surface area contributed by atoms with Crippen LogP contribution in [-0.2, 0) is 10.0 Å². The molecule has 0 aliphatic carbocycles. The van der Waals surface area contributed by atoms with Gasteiger partial charge in [-0.15, -0.1) is 0 Å². The number of benzene rings is 1. The molecule has 20 heavy (non-hydrogen) atoms. The monoisotopic (exact) mass is 292 g/mol. The highest BCUT2D eigenvalue weighted by Gasteiger charge is 2.16. The highest BCUT2D eigenvalue weighted by atomic mass is 32.2. The van der Waals surface area contributed by atoms with Gasteiger partial charge in [-0.2, -0.15) is 0 Å². The molecule has 6 nitrogen and oxygen atoms in total. The zero-order valence-electron chi connectivity index (χ0n) is 11.0. The number of sulfonamides is 1. The molecule has 3 N–H and O–H groups in total. The highest BCUT2D eigenvalue weighted by Crippen LogP contribution is 2.19. The van der Waals surface area contributed by atoms with Crippen molar-refractivity contribution < 1.29 is 8.42 Å². The van der Waals surface area contributed by atoms with Gasteiger partial charge < -0.3 is 5.73 Å². The van der Waals surface area contributed by atoms with Gasteiger partial charge in [-0.1, -0.05) is 19.1 Å². The molecule has 106 valence electrons. The first-order valence-corrected chi connectivity index (χ1v) is 7.66. The van der Waals surface area contributed by atoms with E-state index >= 15 is 0 Å². The molecule has 0 saturated heterocycles. The van der Waals surface area contributed by atoms with Gasteiger partial charge in [-0.25, -0.2) is 23.1 Å². The quantitative estimate of drug-likeness (QED) is 0.873. The normalized spacial score (nSPS) is 12.9. The molecule has 2 aromatic rings. The fourth-order valence-electron chi connectivity index (χ4n) is 1.68. The molecule has 0 saturated carbocycles. The minimum atomic E-state index is -3.71. The second-order valence-corrected chi connectivity index (χ2v) is 5.95. The third-order valence-corrected chi connectivity index (χ3v) is 4.15. The third-order valence-electron chi connectivity index (χ3n) is 2.83. The summed E-state index contributed by atoms with van der Waals surface area (Å²) in [6.45, 7) is 1.95. The Morgan fingerprint density at radius 3 is 2.60 bits per heavy atom. The zero-order chi connectivity index (χ0) is 14.6. The Morgan fingerprint density at radius 2 is 1.95 bits per heavy atom. The summed E-state index contributed by atoms with van der Waals surface area (Å²) in [5.41, 5.74) is 6.70. The van der Waals surface area contributed by atoms with Gasteiger partial charge in [0.25, 0.3) is 10.0 Å². The molecule has 0 aliphatic heterocycles. The van der Waals surface area contributed by atoms with Crippen LogP contribution in [-0.4, -0.2) is 18.4 Å². The van der Waals surface area contributed by atoms with E-state index in [4.69, 9.17) is 5.73 Å². The van der Waals surface area contributed by atoms with Crippen molar-refractivity contribution in [2.45, 2.75) is 24.3 Å². The van der Waals surface area contributed by atoms with Crippen LogP contribution in [0.15, 0.2) is 47.6 Å². The van der Waals surface area contributed by atoms with Gasteiger partial charge in [0.1, 0.15) is 0 Å². The zero-order valence-corrected chi connectivity index (χ0v) is 11.8. The number of aromatic nitrogens is 2. The smallest absolute Gasteiger partial charge is 0.264 e. The maximum absolute atomic E-state index is 12.2. The summed E-state index contributed by atoms with van der Waals surface area (Å²) < 4.78 is 26.8. The second kappa shape index (κ2) is 5.98. The van der Waals surface area contributed by atoms with Crippen LogP contribution in [0.1, 0.15) is 24.9 Å². The predicted molar refractivity (Wildman–Crippen MR) is 76.5 cm³/mol. The predicted octanol–water partition coefficient (Wildman–Crippen LogP) is 1.69. The summed E-state index contributed by atoms with van der Waals surface area (Å²) in [7, 11) is -3.71. The van der Waals surface area contributed by atoms with Crippen LogP contribution >= 0.6 is 0 Å². The number of hydrogen-bond acceptors (Lipinski definition) is 5. The molecule has 0 bridgehead atoms. The van der Waals surface area contributed by atoms with E-state index in [1.54, 1.807) is 18.2 Å². The fourth-order valence-corrected chi connectivity index (χ4v) is 2.69. The van der Waals surface area contributed by atoms with Crippen molar-refractivity contribution in [2.75, 3.05) is 4.72 Å². The molecule has 1 aromatic carbocycles. The lowest BCUT2D eigenvalue weighted by molar-refractivity contribution is 0.600. The number of rotatable bonds is 5. The first kappa shape index (κ1) is 14.4. The first-order valence-electron chi connectivity index (χ1n) is 6.18. The number of nitrogens with zero attached hydrogens (tertiary/aromatic N) is 2. The molecular weight excluding hydrogens is 276 g/mol. The van der Waals surface area contributed by atoms with Crippen molar-refractivity contribution in [3.05, 3.63) is 48.3 Å². The molecule has 2 rings (SSSR count). The Balaban J connectivity index is 2.30. The maximum atomic E-state index is 12.2. The van der Waals surface area contributed by atoms with E-state index in [1.807, 2.05) is 13.0 Å². The second-order valence-electron chi connectivity index (χ2n) is 4.27. The van der Waals surface area contributed by atoms with Crippen LogP contribution < -0.4 is 10.5 Å². The summed E-state index contributed by atoms with van der Waals surface area (Å²) >= 11 is 0. The van der Waals surface area contributed by atoms with Crippen molar-refractivity contribution in [3.8, 4) is 0 Å². The average molecular weight is 292 g/mol. The van der Waals surface area contributed by atoms with Gasteiger partial charge in [0.05, 0.1) is 4.90 Å². The van der Waals surface area contributed by atoms with Gasteiger partial charge in [-0.3, -0.25) is 0 Å². The maximum Gasteiger partial charge on any atom is 0.264 e. The molecule has 0 spiro atoms. The van der Waals surface area contributed by atoms with Crippen LogP contribution in [0.5, 0.6) is 0 Å². The SMILES string of the molecule is CCC(N)c1cccc(S(=O)(=O)Nc2ncccn2)c1. The molecule has 1 aromatic heterocycles. The standard InChI is InChI=1S/C13H16N4O2S/c1-2-12(14)10-5-3-6-11(9-10)20(18,19)17-13-15-7-4-8-16-13/h3-9,12H,2,14H2,1H3,(H,15,16,17). The van der Waals surface area contributed by atoms with E-state index in [2.05, 4.69) is 14.7 Å². The largest absolute Gasteiger partial charge is 0.324 e. The summed E-state index contributed by atoms with van der Waals surface area (Å²) in [5.74, 6) is 0.0395. The Morgan fingerprint density at radius 1 is 1.25 bits per heavy atom. The lowest BCUT2D eigenvalue weighted by Gasteiger charge is -2.11. The van der Waals surface area contributed by atoms with Gasteiger partial charge in [0.15, 0.2) is 0 Å². The van der Waals surface area contributed by atoms with E-state index in [-0.39, 0.29) is 16.9 Å². The molecular formula is C13H16N4O2S. The Bertz CT molecular complexity index is 674. The minimum absolute atomic E-state index is 0.0395. The Kier molecular flexibility index (Phi) is 4.31. The number of hydrogen-bond donors (Lipinski definition) is 2. The van der Waals surface area contributed by atoms with Gasteiger partial charge in [0.2, 0.25) is 5.95 Å². The summed E-state index contributed by atoms with van der Waals surface area (Å²) in [6.07, 6.45) is 3.67. The number of nitrogens with one attached hydrogen (secondary N) is 1. The Hall–Kier alpha value is -1.99. The van der Waals surface area contributed by atoms with Crippen LogP contribution in [0.4, 0.5) is 5.95 Å². The van der Waals surface area contributed by atoms with Crippen LogP contribution in [0.2, 0.25) is 0 Å². The van der Waals surface area contributed by atoms with Gasteiger partial charge in [-0.05, 0) is 30.2 Å². The molecule has 0 aliphatic rings. The summed E-state index contributed by atoms with van der Waals surface area (Å²) in [5, 5.41) is 0. The minimum Gasteiger partial charge on any atom is -0.324 e. The molecule has 1 unspecified atom stereocenters. The molecule has 1 atom stereocenters. The van der Waals surface area contributed by atoms with Crippen molar-refractivity contribution >= 4 is 16.0 Å². The van der Waals surface area contributed by atoms with E-state index in [1.165, 1.54) is 18.5 Å². The van der Waals surface area contributed by atoms with Crippen LogP contribution in [0, 0.1) is 0 Å². The van der Waals surface area contributed by atoms with Crippen molar-refractivity contribution in [1.29, 1.82) is 0 Å². The third kappa shape index (κ3) is 3.31. The molecule has 1 heterocycles. The fraction of sp³-hybridized carbons (Fsp3) is 0.231. The summed E-state index contributed by atoms with van der Waals surface area (Å²) in [6, 6.07) is 7.99. The lowest BCUT2D eigenvalue weighted by atomic mass is 10.1. The van der Waals surface area contributed by atoms with Crippen molar-refractivity contribution in [3.63, 3.8) is 0 Å². The van der Waals surface area contributed by atoms with Gasteiger partial charge in [0, 0.05) is 18.4 Å². The topological polar surface area (TPSA) is 98.0 Å². The van der Waals surface area contributed by atoms with Crippen LogP contribution in [0.3, 0.4) is 0 Å². The lowest BCUT2D eigenvalue weighted by Crippen LogP contribution is -2.16. The van der Waals surface area contributed by atoms with Crippen molar-refractivity contribution in [2.24, 2.45) is 5.73 Å². The molecule has 0 fully saturated rings. The number of anilines is 1. The van der Waals surface area contributed by atoms with Crippen molar-refractivity contribution in [1.82, 2.24) is 9.97 Å². The van der Waals surface area contributed by atoms with Crippen LogP contribution in [0.25, 0.3) is 0 Å². The van der Waals surface area contributed by atoms with E-state index < -0.39 is 10.0 Å². The summed E-state index contributed by atoms with van der Waals surface area (Å²) in [4.78, 5) is 7.82. The first-order chi connectivity index (χ1) is 9.53.